The first kappa shape index (κ1) is 29.4. The van der Waals surface area contributed by atoms with E-state index in [9.17, 15) is 13.2 Å². The van der Waals surface area contributed by atoms with Crippen LogP contribution in [-0.4, -0.2) is 39.9 Å². The van der Waals surface area contributed by atoms with E-state index in [1.54, 1.807) is 24.3 Å². The van der Waals surface area contributed by atoms with Gasteiger partial charge in [-0.2, -0.15) is 0 Å². The Hall–Kier alpha value is -3.56. The van der Waals surface area contributed by atoms with Crippen LogP contribution in [0, 0.1) is 6.92 Å². The molecule has 4 rings (SSSR count). The number of carbonyl (C=O) groups excluding carboxylic acids is 1. The topological polar surface area (TPSA) is 87.7 Å². The van der Waals surface area contributed by atoms with Gasteiger partial charge in [0.05, 0.1) is 27.2 Å². The number of nitrogens with one attached hydrogen (secondary N) is 2. The summed E-state index contributed by atoms with van der Waals surface area (Å²) >= 11 is 12.3. The molecular weight excluding hydrogens is 569 g/mol. The number of hydrogen-bond acceptors (Lipinski definition) is 5. The number of rotatable bonds is 10. The van der Waals surface area contributed by atoms with Crippen molar-refractivity contribution in [2.45, 2.75) is 17.9 Å². The van der Waals surface area contributed by atoms with Gasteiger partial charge in [-0.1, -0.05) is 65.2 Å². The molecule has 0 aromatic heterocycles. The summed E-state index contributed by atoms with van der Waals surface area (Å²) in [4.78, 5) is 15.2. The number of sulfonamides is 1. The Morgan fingerprint density at radius 1 is 0.925 bits per heavy atom. The number of amides is 1. The zero-order valence-corrected chi connectivity index (χ0v) is 24.5. The van der Waals surface area contributed by atoms with Crippen LogP contribution in [0.4, 0.5) is 5.69 Å². The van der Waals surface area contributed by atoms with Crippen molar-refractivity contribution in [3.63, 3.8) is 0 Å². The van der Waals surface area contributed by atoms with Gasteiger partial charge in [0.15, 0.2) is 0 Å². The fourth-order valence-electron chi connectivity index (χ4n) is 4.01. The van der Waals surface area contributed by atoms with Crippen molar-refractivity contribution in [2.24, 2.45) is 0 Å². The zero-order chi connectivity index (χ0) is 28.9. The molecule has 2 N–H and O–H groups in total. The molecule has 208 valence electrons. The van der Waals surface area contributed by atoms with Crippen LogP contribution in [0.5, 0.6) is 11.5 Å². The van der Waals surface area contributed by atoms with Crippen molar-refractivity contribution in [3.8, 4) is 11.5 Å². The lowest BCUT2D eigenvalue weighted by Gasteiger charge is -2.25. The van der Waals surface area contributed by atoms with Crippen LogP contribution in [0.2, 0.25) is 10.0 Å². The number of anilines is 1. The monoisotopic (exact) mass is 597 g/mol. The summed E-state index contributed by atoms with van der Waals surface area (Å²) in [6.07, 6.45) is 0. The minimum atomic E-state index is -4.03. The molecular formula is C30H29Cl2N3O4S. The number of ether oxygens (including phenoxy) is 1. The van der Waals surface area contributed by atoms with E-state index in [1.807, 2.05) is 50.2 Å². The third kappa shape index (κ3) is 7.34. The van der Waals surface area contributed by atoms with Crippen molar-refractivity contribution < 1.29 is 17.9 Å². The van der Waals surface area contributed by atoms with Crippen LogP contribution in [0.3, 0.4) is 0 Å². The summed E-state index contributed by atoms with van der Waals surface area (Å²) in [6, 6.07) is 25.3. The van der Waals surface area contributed by atoms with Gasteiger partial charge in [-0.05, 0) is 81.2 Å². The van der Waals surface area contributed by atoms with Gasteiger partial charge in [-0.15, -0.1) is 0 Å². The van der Waals surface area contributed by atoms with Gasteiger partial charge in [-0.25, -0.2) is 8.42 Å². The molecule has 0 heterocycles. The molecule has 0 saturated heterocycles. The second-order valence-corrected chi connectivity index (χ2v) is 11.9. The quantitative estimate of drug-likeness (QED) is 0.207. The van der Waals surface area contributed by atoms with Crippen molar-refractivity contribution in [1.29, 1.82) is 0 Å². The standard InChI is InChI=1S/C30H29Cl2N3O4S/c1-20-8-10-21(11-9-20)28(35(2)3)19-33-30(36)25-18-22(31)12-17-27(25)34-40(37,38)24-15-13-23(14-16-24)39-29-7-5-4-6-26(29)32/h4-18,28,34H,19H2,1-3H3,(H,33,36)/t28-/m0/s1. The zero-order valence-electron chi connectivity index (χ0n) is 22.2. The number of likely N-dealkylation sites (N-methyl/N-ethyl adjacent to an activating group) is 1. The van der Waals surface area contributed by atoms with E-state index in [0.717, 1.165) is 11.1 Å². The normalized spacial score (nSPS) is 12.2. The molecule has 0 spiro atoms. The van der Waals surface area contributed by atoms with Gasteiger partial charge in [0.1, 0.15) is 11.5 Å². The van der Waals surface area contributed by atoms with Crippen LogP contribution in [0.1, 0.15) is 27.5 Å². The second kappa shape index (κ2) is 12.7. The van der Waals surface area contributed by atoms with Crippen molar-refractivity contribution in [2.75, 3.05) is 25.4 Å². The van der Waals surface area contributed by atoms with Gasteiger partial charge in [0, 0.05) is 11.6 Å². The van der Waals surface area contributed by atoms with Gasteiger partial charge >= 0.3 is 0 Å². The fraction of sp³-hybridized carbons (Fsp3) is 0.167. The lowest BCUT2D eigenvalue weighted by molar-refractivity contribution is 0.0943. The first-order valence-corrected chi connectivity index (χ1v) is 14.6. The Bertz CT molecular complexity index is 1590. The number of nitrogens with zero attached hydrogens (tertiary/aromatic N) is 1. The fourth-order valence-corrected chi connectivity index (χ4v) is 5.44. The number of halogens is 2. The highest BCUT2D eigenvalue weighted by Crippen LogP contribution is 2.30. The Balaban J connectivity index is 1.50. The molecule has 10 heteroatoms. The SMILES string of the molecule is Cc1ccc([C@H](CNC(=O)c2cc(Cl)ccc2NS(=O)(=O)c2ccc(Oc3ccccc3Cl)cc2)N(C)C)cc1. The lowest BCUT2D eigenvalue weighted by atomic mass is 10.0. The number of aryl methyl sites for hydroxylation is 1. The van der Waals surface area contributed by atoms with Crippen LogP contribution in [-0.2, 0) is 10.0 Å². The molecule has 4 aromatic rings. The minimum Gasteiger partial charge on any atom is -0.456 e. The number of benzene rings is 4. The van der Waals surface area contributed by atoms with E-state index in [4.69, 9.17) is 27.9 Å². The molecule has 40 heavy (non-hydrogen) atoms. The van der Waals surface area contributed by atoms with Gasteiger partial charge in [0.2, 0.25) is 0 Å². The number of para-hydroxylation sites is 1. The second-order valence-electron chi connectivity index (χ2n) is 9.40. The molecule has 1 amide bonds. The summed E-state index contributed by atoms with van der Waals surface area (Å²) in [5, 5.41) is 3.66. The summed E-state index contributed by atoms with van der Waals surface area (Å²) in [7, 11) is -0.173. The molecule has 0 aliphatic carbocycles. The van der Waals surface area contributed by atoms with E-state index in [-0.39, 0.29) is 22.2 Å². The maximum atomic E-state index is 13.2. The Kier molecular flexibility index (Phi) is 9.37. The van der Waals surface area contributed by atoms with Gasteiger partial charge < -0.3 is 15.0 Å². The predicted molar refractivity (Wildman–Crippen MR) is 160 cm³/mol. The largest absolute Gasteiger partial charge is 0.456 e. The Morgan fingerprint density at radius 2 is 1.60 bits per heavy atom. The Morgan fingerprint density at radius 3 is 2.25 bits per heavy atom. The predicted octanol–water partition coefficient (Wildman–Crippen LogP) is 6.93. The van der Waals surface area contributed by atoms with E-state index < -0.39 is 15.9 Å². The summed E-state index contributed by atoms with van der Waals surface area (Å²) in [6.45, 7) is 2.32. The molecule has 0 fully saturated rings. The first-order valence-electron chi connectivity index (χ1n) is 12.4. The molecule has 7 nitrogen and oxygen atoms in total. The molecule has 0 unspecified atom stereocenters. The highest BCUT2D eigenvalue weighted by molar-refractivity contribution is 7.92. The van der Waals surface area contributed by atoms with Crippen LogP contribution < -0.4 is 14.8 Å². The number of carbonyl (C=O) groups is 1. The molecule has 0 radical (unpaired) electrons. The van der Waals surface area contributed by atoms with E-state index in [1.165, 1.54) is 42.5 Å². The maximum absolute atomic E-state index is 13.2. The third-order valence-corrected chi connectivity index (χ3v) is 8.14. The van der Waals surface area contributed by atoms with Crippen molar-refractivity contribution in [3.05, 3.63) is 118 Å². The van der Waals surface area contributed by atoms with Gasteiger partial charge in [-0.3, -0.25) is 9.52 Å². The van der Waals surface area contributed by atoms with E-state index in [0.29, 0.717) is 28.1 Å². The molecule has 4 aromatic carbocycles. The lowest BCUT2D eigenvalue weighted by Crippen LogP contribution is -2.35. The van der Waals surface area contributed by atoms with Crippen LogP contribution >= 0.6 is 23.2 Å². The molecule has 1 atom stereocenters. The summed E-state index contributed by atoms with van der Waals surface area (Å²) in [5.41, 5.74) is 2.40. The highest BCUT2D eigenvalue weighted by Gasteiger charge is 2.21. The molecule has 0 saturated carbocycles. The van der Waals surface area contributed by atoms with Crippen LogP contribution in [0.25, 0.3) is 0 Å². The van der Waals surface area contributed by atoms with Crippen molar-refractivity contribution >= 4 is 44.8 Å². The maximum Gasteiger partial charge on any atom is 0.261 e. The molecule has 0 aliphatic rings. The summed E-state index contributed by atoms with van der Waals surface area (Å²) in [5.74, 6) is 0.416. The molecule has 0 bridgehead atoms. The average molecular weight is 599 g/mol. The van der Waals surface area contributed by atoms with Gasteiger partial charge in [0.25, 0.3) is 15.9 Å². The van der Waals surface area contributed by atoms with E-state index >= 15 is 0 Å². The Labute approximate surface area is 244 Å². The van der Waals surface area contributed by atoms with Crippen molar-refractivity contribution in [1.82, 2.24) is 10.2 Å². The van der Waals surface area contributed by atoms with Crippen LogP contribution in [0.15, 0.2) is 95.9 Å². The number of hydrogen-bond donors (Lipinski definition) is 2. The average Bonchev–Trinajstić information content (AvgIpc) is 2.92. The summed E-state index contributed by atoms with van der Waals surface area (Å²) < 4.78 is 34.7. The minimum absolute atomic E-state index is 0.00707. The molecule has 0 aliphatic heterocycles. The van der Waals surface area contributed by atoms with E-state index in [2.05, 4.69) is 10.0 Å². The third-order valence-electron chi connectivity index (χ3n) is 6.21. The first-order chi connectivity index (χ1) is 19.0. The highest BCUT2D eigenvalue weighted by atomic mass is 35.5. The smallest absolute Gasteiger partial charge is 0.261 e.